The number of para-hydroxylation sites is 1. The van der Waals surface area contributed by atoms with Crippen LogP contribution in [0.1, 0.15) is 37.2 Å². The summed E-state index contributed by atoms with van der Waals surface area (Å²) in [4.78, 5) is 13.4. The number of amides is 1. The number of hydrogen-bond donors (Lipinski definition) is 0. The van der Waals surface area contributed by atoms with Crippen LogP contribution in [-0.2, 0) is 4.79 Å². The molecule has 3 nitrogen and oxygen atoms in total. The number of alkyl halides is 3. The van der Waals surface area contributed by atoms with Gasteiger partial charge in [-0.1, -0.05) is 18.2 Å². The van der Waals surface area contributed by atoms with E-state index in [9.17, 15) is 18.0 Å². The van der Waals surface area contributed by atoms with E-state index in [1.54, 1.807) is 7.11 Å². The molecule has 0 aliphatic carbocycles. The third-order valence-corrected chi connectivity index (χ3v) is 4.05. The molecule has 6 heteroatoms. The number of halogens is 3. The number of rotatable bonds is 4. The second-order valence-electron chi connectivity index (χ2n) is 5.51. The first-order valence-electron chi connectivity index (χ1n) is 7.38. The molecule has 0 N–H and O–H groups in total. The van der Waals surface area contributed by atoms with E-state index in [4.69, 9.17) is 4.74 Å². The molecule has 1 aliphatic rings. The molecular formula is C16H20F3NO2. The summed E-state index contributed by atoms with van der Waals surface area (Å²) in [5, 5.41) is 0. The van der Waals surface area contributed by atoms with Gasteiger partial charge in [0, 0.05) is 19.5 Å². The zero-order valence-electron chi connectivity index (χ0n) is 12.5. The van der Waals surface area contributed by atoms with Crippen LogP contribution in [0.15, 0.2) is 24.3 Å². The topological polar surface area (TPSA) is 29.5 Å². The van der Waals surface area contributed by atoms with Gasteiger partial charge in [-0.05, 0) is 30.4 Å². The molecule has 1 heterocycles. The molecule has 0 unspecified atom stereocenters. The summed E-state index contributed by atoms with van der Waals surface area (Å²) in [6, 6.07) is 7.75. The Morgan fingerprint density at radius 2 is 1.91 bits per heavy atom. The number of carbonyl (C=O) groups excluding carboxylic acids is 1. The van der Waals surface area contributed by atoms with E-state index in [1.807, 2.05) is 24.3 Å². The van der Waals surface area contributed by atoms with Gasteiger partial charge in [-0.2, -0.15) is 13.2 Å². The van der Waals surface area contributed by atoms with Crippen LogP contribution < -0.4 is 4.74 Å². The summed E-state index contributed by atoms with van der Waals surface area (Å²) in [5.41, 5.74) is 1.10. The van der Waals surface area contributed by atoms with Crippen molar-refractivity contribution >= 4 is 5.91 Å². The Labute approximate surface area is 128 Å². The molecule has 0 saturated carbocycles. The van der Waals surface area contributed by atoms with Gasteiger partial charge < -0.3 is 9.64 Å². The first-order valence-corrected chi connectivity index (χ1v) is 7.38. The Bertz CT molecular complexity index is 508. The first kappa shape index (κ1) is 16.6. The van der Waals surface area contributed by atoms with Gasteiger partial charge >= 0.3 is 6.18 Å². The number of nitrogens with zero attached hydrogens (tertiary/aromatic N) is 1. The molecule has 0 spiro atoms. The molecule has 0 aromatic heterocycles. The van der Waals surface area contributed by atoms with E-state index in [0.29, 0.717) is 13.1 Å². The van der Waals surface area contributed by atoms with E-state index < -0.39 is 24.9 Å². The lowest BCUT2D eigenvalue weighted by molar-refractivity contribution is -0.149. The van der Waals surface area contributed by atoms with Crippen molar-refractivity contribution in [3.05, 3.63) is 29.8 Å². The SMILES string of the molecule is COc1ccccc1C1CCN(C(=O)CCC(F)(F)F)CC1. The Hall–Kier alpha value is -1.72. The van der Waals surface area contributed by atoms with E-state index >= 15 is 0 Å². The maximum atomic E-state index is 12.2. The minimum atomic E-state index is -4.27. The molecule has 22 heavy (non-hydrogen) atoms. The van der Waals surface area contributed by atoms with Crippen LogP contribution >= 0.6 is 0 Å². The molecule has 1 aliphatic heterocycles. The fourth-order valence-electron chi connectivity index (χ4n) is 2.85. The molecular weight excluding hydrogens is 295 g/mol. The largest absolute Gasteiger partial charge is 0.496 e. The van der Waals surface area contributed by atoms with Crippen molar-refractivity contribution in [1.29, 1.82) is 0 Å². The highest BCUT2D eigenvalue weighted by Crippen LogP contribution is 2.34. The summed E-state index contributed by atoms with van der Waals surface area (Å²) in [6.45, 7) is 0.999. The van der Waals surface area contributed by atoms with Crippen molar-refractivity contribution in [2.24, 2.45) is 0 Å². The van der Waals surface area contributed by atoms with Crippen molar-refractivity contribution in [1.82, 2.24) is 4.90 Å². The van der Waals surface area contributed by atoms with Crippen molar-refractivity contribution < 1.29 is 22.7 Å². The quantitative estimate of drug-likeness (QED) is 0.847. The predicted molar refractivity (Wildman–Crippen MR) is 76.8 cm³/mol. The summed E-state index contributed by atoms with van der Waals surface area (Å²) in [5.74, 6) is 0.697. The van der Waals surface area contributed by atoms with Crippen molar-refractivity contribution in [2.75, 3.05) is 20.2 Å². The normalized spacial score (nSPS) is 16.6. The van der Waals surface area contributed by atoms with E-state index in [2.05, 4.69) is 0 Å². The highest BCUT2D eigenvalue weighted by atomic mass is 19.4. The molecule has 2 rings (SSSR count). The summed E-state index contributed by atoms with van der Waals surface area (Å²) in [6.07, 6.45) is -4.28. The highest BCUT2D eigenvalue weighted by Gasteiger charge is 2.31. The Morgan fingerprint density at radius 1 is 1.27 bits per heavy atom. The number of piperidine rings is 1. The van der Waals surface area contributed by atoms with Crippen LogP contribution in [0.3, 0.4) is 0 Å². The Balaban J connectivity index is 1.89. The standard InChI is InChI=1S/C16H20F3NO2/c1-22-14-5-3-2-4-13(14)12-7-10-20(11-8-12)15(21)6-9-16(17,18)19/h2-5,12H,6-11H2,1H3. The third-order valence-electron chi connectivity index (χ3n) is 4.05. The monoisotopic (exact) mass is 315 g/mol. The van der Waals surface area contributed by atoms with Crippen LogP contribution in [0.5, 0.6) is 5.75 Å². The van der Waals surface area contributed by atoms with Gasteiger partial charge in [-0.3, -0.25) is 4.79 Å². The van der Waals surface area contributed by atoms with E-state index in [0.717, 1.165) is 24.2 Å². The predicted octanol–water partition coefficient (Wildman–Crippen LogP) is 3.74. The first-order chi connectivity index (χ1) is 10.4. The molecule has 1 fully saturated rings. The van der Waals surface area contributed by atoms with Gasteiger partial charge in [0.25, 0.3) is 0 Å². The van der Waals surface area contributed by atoms with Crippen LogP contribution in [0.2, 0.25) is 0 Å². The van der Waals surface area contributed by atoms with E-state index in [1.165, 1.54) is 4.90 Å². The van der Waals surface area contributed by atoms with Gasteiger partial charge in [0.1, 0.15) is 5.75 Å². The molecule has 0 atom stereocenters. The average Bonchev–Trinajstić information content (AvgIpc) is 2.52. The number of benzene rings is 1. The van der Waals surface area contributed by atoms with Crippen LogP contribution in [0, 0.1) is 0 Å². The van der Waals surface area contributed by atoms with E-state index in [-0.39, 0.29) is 5.92 Å². The number of methoxy groups -OCH3 is 1. The Morgan fingerprint density at radius 3 is 2.50 bits per heavy atom. The van der Waals surface area contributed by atoms with Crippen molar-refractivity contribution in [2.45, 2.75) is 37.8 Å². The highest BCUT2D eigenvalue weighted by molar-refractivity contribution is 5.76. The number of hydrogen-bond acceptors (Lipinski definition) is 2. The second-order valence-corrected chi connectivity index (χ2v) is 5.51. The minimum absolute atomic E-state index is 0.280. The molecule has 1 amide bonds. The van der Waals surface area contributed by atoms with Gasteiger partial charge in [0.05, 0.1) is 13.5 Å². The molecule has 122 valence electrons. The molecule has 1 saturated heterocycles. The number of carbonyl (C=O) groups is 1. The molecule has 0 radical (unpaired) electrons. The summed E-state index contributed by atoms with van der Waals surface area (Å²) < 4.78 is 41.8. The zero-order valence-corrected chi connectivity index (χ0v) is 12.5. The van der Waals surface area contributed by atoms with Crippen LogP contribution in [0.25, 0.3) is 0 Å². The molecule has 1 aromatic carbocycles. The van der Waals surface area contributed by atoms with Crippen molar-refractivity contribution in [3.8, 4) is 5.75 Å². The maximum Gasteiger partial charge on any atom is 0.389 e. The smallest absolute Gasteiger partial charge is 0.389 e. The van der Waals surface area contributed by atoms with Gasteiger partial charge in [0.15, 0.2) is 0 Å². The van der Waals surface area contributed by atoms with Gasteiger partial charge in [0.2, 0.25) is 5.91 Å². The Kier molecular flexibility index (Phi) is 5.32. The fourth-order valence-corrected chi connectivity index (χ4v) is 2.85. The van der Waals surface area contributed by atoms with Gasteiger partial charge in [-0.15, -0.1) is 0 Å². The van der Waals surface area contributed by atoms with Crippen LogP contribution in [-0.4, -0.2) is 37.2 Å². The second kappa shape index (κ2) is 7.03. The molecule has 1 aromatic rings. The summed E-state index contributed by atoms with van der Waals surface area (Å²) >= 11 is 0. The number of ether oxygens (including phenoxy) is 1. The third kappa shape index (κ3) is 4.39. The lowest BCUT2D eigenvalue weighted by atomic mass is 9.88. The van der Waals surface area contributed by atoms with Crippen molar-refractivity contribution in [3.63, 3.8) is 0 Å². The fraction of sp³-hybridized carbons (Fsp3) is 0.562. The summed E-state index contributed by atoms with van der Waals surface area (Å²) in [7, 11) is 1.62. The lowest BCUT2D eigenvalue weighted by Crippen LogP contribution is -2.38. The zero-order chi connectivity index (χ0) is 16.2. The van der Waals surface area contributed by atoms with Gasteiger partial charge in [-0.25, -0.2) is 0 Å². The number of likely N-dealkylation sites (tertiary alicyclic amines) is 1. The lowest BCUT2D eigenvalue weighted by Gasteiger charge is -2.33. The molecule has 0 bridgehead atoms. The minimum Gasteiger partial charge on any atom is -0.496 e. The maximum absolute atomic E-state index is 12.2. The average molecular weight is 315 g/mol. The van der Waals surface area contributed by atoms with Crippen LogP contribution in [0.4, 0.5) is 13.2 Å².